The second kappa shape index (κ2) is 7.47. The predicted molar refractivity (Wildman–Crippen MR) is 105 cm³/mol. The standard InChI is InChI=1S/C19H20BrN5O/c20-16-1-2-18(26)15(11-16)13-24-7-9-25(10-8-24)19-12-17(22-23-19)14-3-5-21-6-4-14/h1-6,11-12,26H,7-10,13H2,(H,22,23). The summed E-state index contributed by atoms with van der Waals surface area (Å²) in [6, 6.07) is 11.6. The van der Waals surface area contributed by atoms with E-state index in [2.05, 4.69) is 47.0 Å². The summed E-state index contributed by atoms with van der Waals surface area (Å²) < 4.78 is 0.990. The molecule has 1 aromatic carbocycles. The molecule has 0 bridgehead atoms. The summed E-state index contributed by atoms with van der Waals surface area (Å²) in [5.74, 6) is 1.33. The lowest BCUT2D eigenvalue weighted by atomic mass is 10.1. The van der Waals surface area contributed by atoms with Gasteiger partial charge in [0.1, 0.15) is 5.75 Å². The van der Waals surface area contributed by atoms with Gasteiger partial charge in [0.2, 0.25) is 0 Å². The van der Waals surface area contributed by atoms with Crippen LogP contribution in [0.1, 0.15) is 5.56 Å². The van der Waals surface area contributed by atoms with Gasteiger partial charge in [-0.2, -0.15) is 5.10 Å². The number of pyridine rings is 1. The third-order valence-electron chi connectivity index (χ3n) is 4.69. The first-order valence-electron chi connectivity index (χ1n) is 8.59. The van der Waals surface area contributed by atoms with Crippen molar-refractivity contribution in [3.05, 3.63) is 58.8 Å². The molecule has 0 unspecified atom stereocenters. The Morgan fingerprint density at radius 1 is 1.04 bits per heavy atom. The van der Waals surface area contributed by atoms with E-state index in [9.17, 15) is 5.11 Å². The molecule has 134 valence electrons. The number of rotatable bonds is 4. The number of halogens is 1. The molecule has 3 aromatic rings. The maximum Gasteiger partial charge on any atom is 0.151 e. The number of phenolic OH excluding ortho intramolecular Hbond substituents is 1. The van der Waals surface area contributed by atoms with Crippen LogP contribution in [-0.4, -0.2) is 51.4 Å². The molecule has 3 heterocycles. The van der Waals surface area contributed by atoms with Crippen LogP contribution < -0.4 is 4.90 Å². The van der Waals surface area contributed by atoms with Gasteiger partial charge in [-0.1, -0.05) is 15.9 Å². The third-order valence-corrected chi connectivity index (χ3v) is 5.18. The van der Waals surface area contributed by atoms with Crippen LogP contribution in [0.5, 0.6) is 5.75 Å². The highest BCUT2D eigenvalue weighted by atomic mass is 79.9. The fourth-order valence-corrected chi connectivity index (χ4v) is 3.62. The van der Waals surface area contributed by atoms with Gasteiger partial charge in [0.15, 0.2) is 5.82 Å². The van der Waals surface area contributed by atoms with Gasteiger partial charge in [-0.3, -0.25) is 15.0 Å². The number of aromatic amines is 1. The van der Waals surface area contributed by atoms with Crippen molar-refractivity contribution in [2.75, 3.05) is 31.1 Å². The highest BCUT2D eigenvalue weighted by Crippen LogP contribution is 2.25. The third kappa shape index (κ3) is 3.73. The Bertz CT molecular complexity index is 875. The van der Waals surface area contributed by atoms with Crippen LogP contribution in [0.25, 0.3) is 11.3 Å². The summed E-state index contributed by atoms with van der Waals surface area (Å²) >= 11 is 3.47. The number of H-pyrrole nitrogens is 1. The van der Waals surface area contributed by atoms with Gasteiger partial charge in [0, 0.05) is 66.8 Å². The number of hydrogen-bond acceptors (Lipinski definition) is 5. The fraction of sp³-hybridized carbons (Fsp3) is 0.263. The molecule has 4 rings (SSSR count). The Labute approximate surface area is 160 Å². The minimum atomic E-state index is 0.352. The molecule has 7 heteroatoms. The molecule has 6 nitrogen and oxygen atoms in total. The lowest BCUT2D eigenvalue weighted by Gasteiger charge is -2.34. The maximum absolute atomic E-state index is 10.0. The number of nitrogens with zero attached hydrogens (tertiary/aromatic N) is 4. The van der Waals surface area contributed by atoms with Crippen molar-refractivity contribution < 1.29 is 5.11 Å². The Balaban J connectivity index is 1.38. The zero-order valence-corrected chi connectivity index (χ0v) is 15.9. The van der Waals surface area contributed by atoms with Crippen molar-refractivity contribution in [3.8, 4) is 17.0 Å². The number of nitrogens with one attached hydrogen (secondary N) is 1. The van der Waals surface area contributed by atoms with Crippen LogP contribution >= 0.6 is 15.9 Å². The number of aromatic nitrogens is 3. The Kier molecular flexibility index (Phi) is 4.90. The lowest BCUT2D eigenvalue weighted by Crippen LogP contribution is -2.46. The van der Waals surface area contributed by atoms with Crippen LogP contribution in [-0.2, 0) is 6.54 Å². The molecule has 26 heavy (non-hydrogen) atoms. The van der Waals surface area contributed by atoms with Crippen LogP contribution in [0.4, 0.5) is 5.82 Å². The van der Waals surface area contributed by atoms with Gasteiger partial charge >= 0.3 is 0 Å². The Morgan fingerprint density at radius 2 is 1.81 bits per heavy atom. The number of benzene rings is 1. The van der Waals surface area contributed by atoms with Crippen LogP contribution in [0.3, 0.4) is 0 Å². The number of aromatic hydroxyl groups is 1. The molecule has 1 aliphatic rings. The summed E-state index contributed by atoms with van der Waals surface area (Å²) in [5, 5.41) is 17.6. The van der Waals surface area contributed by atoms with Gasteiger partial charge in [0.05, 0.1) is 5.69 Å². The highest BCUT2D eigenvalue weighted by Gasteiger charge is 2.20. The SMILES string of the molecule is Oc1ccc(Br)cc1CN1CCN(c2cc(-c3ccncc3)[nH]n2)CC1. The maximum atomic E-state index is 10.0. The minimum absolute atomic E-state index is 0.352. The molecular weight excluding hydrogens is 394 g/mol. The number of piperazine rings is 1. The average molecular weight is 414 g/mol. The van der Waals surface area contributed by atoms with Crippen molar-refractivity contribution in [1.29, 1.82) is 0 Å². The van der Waals surface area contributed by atoms with E-state index in [1.807, 2.05) is 24.3 Å². The quantitative estimate of drug-likeness (QED) is 0.686. The molecule has 0 radical (unpaired) electrons. The first-order valence-corrected chi connectivity index (χ1v) is 9.39. The zero-order valence-electron chi connectivity index (χ0n) is 14.3. The van der Waals surface area contributed by atoms with Crippen LogP contribution in [0.15, 0.2) is 53.3 Å². The van der Waals surface area contributed by atoms with Gasteiger partial charge in [0.25, 0.3) is 0 Å². The topological polar surface area (TPSA) is 68.3 Å². The van der Waals surface area contributed by atoms with Gasteiger partial charge in [-0.05, 0) is 30.3 Å². The Morgan fingerprint density at radius 3 is 2.58 bits per heavy atom. The molecule has 1 aliphatic heterocycles. The molecule has 1 fully saturated rings. The van der Waals surface area contributed by atoms with E-state index in [-0.39, 0.29) is 0 Å². The molecule has 0 amide bonds. The summed E-state index contributed by atoms with van der Waals surface area (Å²) in [4.78, 5) is 8.70. The van der Waals surface area contributed by atoms with E-state index in [4.69, 9.17) is 0 Å². The van der Waals surface area contributed by atoms with Crippen LogP contribution in [0.2, 0.25) is 0 Å². The second-order valence-electron chi connectivity index (χ2n) is 6.41. The first kappa shape index (κ1) is 17.1. The van der Waals surface area contributed by atoms with Crippen molar-refractivity contribution in [2.45, 2.75) is 6.54 Å². The van der Waals surface area contributed by atoms with Crippen LogP contribution in [0, 0.1) is 0 Å². The van der Waals surface area contributed by atoms with E-state index in [1.165, 1.54) is 0 Å². The monoisotopic (exact) mass is 413 g/mol. The zero-order chi connectivity index (χ0) is 17.9. The normalized spacial score (nSPS) is 15.3. The summed E-state index contributed by atoms with van der Waals surface area (Å²) in [6.45, 7) is 4.44. The predicted octanol–water partition coefficient (Wildman–Crippen LogP) is 3.26. The van der Waals surface area contributed by atoms with E-state index >= 15 is 0 Å². The summed E-state index contributed by atoms with van der Waals surface area (Å²) in [6.07, 6.45) is 3.57. The van der Waals surface area contributed by atoms with E-state index < -0.39 is 0 Å². The van der Waals surface area contributed by atoms with Crippen molar-refractivity contribution in [2.24, 2.45) is 0 Å². The number of phenols is 1. The van der Waals surface area contributed by atoms with E-state index in [0.29, 0.717) is 5.75 Å². The minimum Gasteiger partial charge on any atom is -0.508 e. The molecule has 1 saturated heterocycles. The second-order valence-corrected chi connectivity index (χ2v) is 7.33. The first-order chi connectivity index (χ1) is 12.7. The van der Waals surface area contributed by atoms with Gasteiger partial charge in [-0.25, -0.2) is 0 Å². The number of hydrogen-bond donors (Lipinski definition) is 2. The Hall–Kier alpha value is -2.38. The van der Waals surface area contributed by atoms with Crippen molar-refractivity contribution >= 4 is 21.7 Å². The molecular formula is C19H20BrN5O. The van der Waals surface area contributed by atoms with Gasteiger partial charge < -0.3 is 10.0 Å². The smallest absolute Gasteiger partial charge is 0.151 e. The molecule has 0 aliphatic carbocycles. The highest BCUT2D eigenvalue weighted by molar-refractivity contribution is 9.10. The number of anilines is 1. The molecule has 0 atom stereocenters. The van der Waals surface area contributed by atoms with Crippen molar-refractivity contribution in [1.82, 2.24) is 20.1 Å². The van der Waals surface area contributed by atoms with E-state index in [0.717, 1.165) is 59.8 Å². The molecule has 2 N–H and O–H groups in total. The average Bonchev–Trinajstić information content (AvgIpc) is 3.16. The molecule has 2 aromatic heterocycles. The van der Waals surface area contributed by atoms with Gasteiger partial charge in [-0.15, -0.1) is 0 Å². The van der Waals surface area contributed by atoms with Crippen molar-refractivity contribution in [3.63, 3.8) is 0 Å². The summed E-state index contributed by atoms with van der Waals surface area (Å²) in [7, 11) is 0. The van der Waals surface area contributed by atoms with E-state index in [1.54, 1.807) is 18.5 Å². The molecule has 0 saturated carbocycles. The summed E-state index contributed by atoms with van der Waals surface area (Å²) in [5.41, 5.74) is 3.04. The molecule has 0 spiro atoms. The fourth-order valence-electron chi connectivity index (χ4n) is 3.21. The largest absolute Gasteiger partial charge is 0.508 e. The lowest BCUT2D eigenvalue weighted by molar-refractivity contribution is 0.246.